The van der Waals surface area contributed by atoms with E-state index in [9.17, 15) is 4.79 Å². The molecule has 0 aliphatic carbocycles. The molecule has 0 fully saturated rings. The van der Waals surface area contributed by atoms with Gasteiger partial charge < -0.3 is 10.2 Å². The first-order chi connectivity index (χ1) is 9.69. The predicted octanol–water partition coefficient (Wildman–Crippen LogP) is 4.13. The fraction of sp³-hybridized carbons (Fsp3) is 0.267. The van der Waals surface area contributed by atoms with E-state index in [2.05, 4.69) is 5.32 Å². The van der Waals surface area contributed by atoms with Crippen molar-refractivity contribution in [1.29, 1.82) is 0 Å². The maximum absolute atomic E-state index is 12.1. The van der Waals surface area contributed by atoms with Crippen LogP contribution >= 0.6 is 22.9 Å². The Kier molecular flexibility index (Phi) is 5.44. The van der Waals surface area contributed by atoms with Gasteiger partial charge in [0.1, 0.15) is 0 Å². The van der Waals surface area contributed by atoms with Crippen LogP contribution in [0.5, 0.6) is 0 Å². The normalized spacial score (nSPS) is 10.3. The van der Waals surface area contributed by atoms with E-state index in [1.54, 1.807) is 16.2 Å². The average molecular weight is 309 g/mol. The molecule has 0 radical (unpaired) electrons. The van der Waals surface area contributed by atoms with Crippen LogP contribution in [-0.2, 0) is 13.1 Å². The summed E-state index contributed by atoms with van der Waals surface area (Å²) in [5, 5.41) is 5.65. The monoisotopic (exact) mass is 308 g/mol. The molecule has 106 valence electrons. The van der Waals surface area contributed by atoms with E-state index in [0.717, 1.165) is 5.56 Å². The Morgan fingerprint density at radius 1 is 1.30 bits per heavy atom. The molecule has 2 amide bonds. The van der Waals surface area contributed by atoms with Crippen molar-refractivity contribution in [3.05, 3.63) is 57.2 Å². The van der Waals surface area contributed by atoms with Gasteiger partial charge in [-0.15, -0.1) is 11.3 Å². The van der Waals surface area contributed by atoms with Crippen LogP contribution in [0.25, 0.3) is 0 Å². The molecule has 0 unspecified atom stereocenters. The molecule has 5 heteroatoms. The largest absolute Gasteiger partial charge is 0.334 e. The molecular weight excluding hydrogens is 292 g/mol. The number of hydrogen-bond acceptors (Lipinski definition) is 2. The number of halogens is 1. The number of urea groups is 1. The Hall–Kier alpha value is -1.52. The quantitative estimate of drug-likeness (QED) is 0.885. The number of nitrogens with one attached hydrogen (secondary N) is 1. The molecule has 20 heavy (non-hydrogen) atoms. The van der Waals surface area contributed by atoms with Gasteiger partial charge in [0.2, 0.25) is 0 Å². The number of amides is 2. The maximum atomic E-state index is 12.1. The Morgan fingerprint density at radius 2 is 2.05 bits per heavy atom. The molecule has 0 saturated heterocycles. The van der Waals surface area contributed by atoms with E-state index in [1.165, 1.54) is 4.88 Å². The Bertz CT molecular complexity index is 540. The number of carbonyl (C=O) groups is 1. The zero-order valence-electron chi connectivity index (χ0n) is 11.3. The van der Waals surface area contributed by atoms with Gasteiger partial charge in [0, 0.05) is 23.0 Å². The van der Waals surface area contributed by atoms with Gasteiger partial charge in [0.15, 0.2) is 0 Å². The highest BCUT2D eigenvalue weighted by Gasteiger charge is 2.11. The number of benzene rings is 1. The smallest absolute Gasteiger partial charge is 0.317 e. The molecule has 1 aromatic carbocycles. The molecule has 1 N–H and O–H groups in total. The molecular formula is C15H17ClN2OS. The minimum Gasteiger partial charge on any atom is -0.334 e. The molecule has 2 aromatic rings. The van der Waals surface area contributed by atoms with E-state index in [1.807, 2.05) is 48.7 Å². The third-order valence-corrected chi connectivity index (χ3v) is 4.07. The minimum absolute atomic E-state index is 0.0455. The molecule has 0 bridgehead atoms. The molecule has 0 saturated carbocycles. The van der Waals surface area contributed by atoms with E-state index in [4.69, 9.17) is 11.6 Å². The van der Waals surface area contributed by atoms with Crippen molar-refractivity contribution in [3.8, 4) is 0 Å². The van der Waals surface area contributed by atoms with Gasteiger partial charge in [-0.25, -0.2) is 4.79 Å². The number of nitrogens with zero attached hydrogens (tertiary/aromatic N) is 1. The van der Waals surface area contributed by atoms with Crippen LogP contribution in [-0.4, -0.2) is 17.5 Å². The second-order valence-corrected chi connectivity index (χ2v) is 5.85. The van der Waals surface area contributed by atoms with Crippen molar-refractivity contribution < 1.29 is 4.79 Å². The van der Waals surface area contributed by atoms with Gasteiger partial charge in [-0.2, -0.15) is 0 Å². The zero-order valence-corrected chi connectivity index (χ0v) is 12.9. The van der Waals surface area contributed by atoms with E-state index >= 15 is 0 Å². The van der Waals surface area contributed by atoms with Crippen LogP contribution in [0.15, 0.2) is 41.8 Å². The van der Waals surface area contributed by atoms with Crippen LogP contribution in [0.2, 0.25) is 5.02 Å². The van der Waals surface area contributed by atoms with Crippen molar-refractivity contribution in [2.45, 2.75) is 20.0 Å². The molecule has 0 spiro atoms. The highest BCUT2D eigenvalue weighted by Crippen LogP contribution is 2.12. The number of thiophene rings is 1. The third-order valence-electron chi connectivity index (χ3n) is 2.95. The van der Waals surface area contributed by atoms with Crippen molar-refractivity contribution in [1.82, 2.24) is 10.2 Å². The van der Waals surface area contributed by atoms with Crippen LogP contribution in [0.4, 0.5) is 4.79 Å². The summed E-state index contributed by atoms with van der Waals surface area (Å²) in [6, 6.07) is 11.5. The topological polar surface area (TPSA) is 32.3 Å². The lowest BCUT2D eigenvalue weighted by Gasteiger charge is -2.20. The highest BCUT2D eigenvalue weighted by atomic mass is 35.5. The van der Waals surface area contributed by atoms with E-state index in [-0.39, 0.29) is 6.03 Å². The highest BCUT2D eigenvalue weighted by molar-refractivity contribution is 7.09. The Balaban J connectivity index is 1.87. The molecule has 1 aromatic heterocycles. The summed E-state index contributed by atoms with van der Waals surface area (Å²) in [6.07, 6.45) is 0. The number of hydrogen-bond donors (Lipinski definition) is 1. The molecule has 3 nitrogen and oxygen atoms in total. The maximum Gasteiger partial charge on any atom is 0.317 e. The lowest BCUT2D eigenvalue weighted by atomic mass is 10.2. The SMILES string of the molecule is CCN(Cc1cccs1)C(=O)NCc1ccc(Cl)cc1. The summed E-state index contributed by atoms with van der Waals surface area (Å²) < 4.78 is 0. The first-order valence-corrected chi connectivity index (χ1v) is 7.74. The van der Waals surface area contributed by atoms with Gasteiger partial charge in [0.05, 0.1) is 6.54 Å². The summed E-state index contributed by atoms with van der Waals surface area (Å²) in [7, 11) is 0. The summed E-state index contributed by atoms with van der Waals surface area (Å²) in [5.74, 6) is 0. The van der Waals surface area contributed by atoms with Crippen LogP contribution < -0.4 is 5.32 Å². The van der Waals surface area contributed by atoms with Crippen molar-refractivity contribution in [2.24, 2.45) is 0 Å². The van der Waals surface area contributed by atoms with Crippen LogP contribution in [0.3, 0.4) is 0 Å². The van der Waals surface area contributed by atoms with Crippen LogP contribution in [0, 0.1) is 0 Å². The summed E-state index contributed by atoms with van der Waals surface area (Å²) in [5.41, 5.74) is 1.04. The third kappa shape index (κ3) is 4.25. The fourth-order valence-electron chi connectivity index (χ4n) is 1.81. The molecule has 2 rings (SSSR count). The second kappa shape index (κ2) is 7.31. The Labute approximate surface area is 128 Å². The lowest BCUT2D eigenvalue weighted by Crippen LogP contribution is -2.38. The fourth-order valence-corrected chi connectivity index (χ4v) is 2.66. The minimum atomic E-state index is -0.0455. The molecule has 0 atom stereocenters. The molecule has 0 aliphatic heterocycles. The first-order valence-electron chi connectivity index (χ1n) is 6.48. The van der Waals surface area contributed by atoms with Crippen LogP contribution in [0.1, 0.15) is 17.4 Å². The van der Waals surface area contributed by atoms with Gasteiger partial charge in [-0.1, -0.05) is 29.8 Å². The standard InChI is InChI=1S/C15H17ClN2OS/c1-2-18(11-14-4-3-9-20-14)15(19)17-10-12-5-7-13(16)8-6-12/h3-9H,2,10-11H2,1H3,(H,17,19). The summed E-state index contributed by atoms with van der Waals surface area (Å²) in [6.45, 7) is 3.83. The van der Waals surface area contributed by atoms with Crippen molar-refractivity contribution >= 4 is 29.0 Å². The van der Waals surface area contributed by atoms with E-state index < -0.39 is 0 Å². The summed E-state index contributed by atoms with van der Waals surface area (Å²) >= 11 is 7.50. The van der Waals surface area contributed by atoms with Gasteiger partial charge in [-0.3, -0.25) is 0 Å². The summed E-state index contributed by atoms with van der Waals surface area (Å²) in [4.78, 5) is 15.1. The lowest BCUT2D eigenvalue weighted by molar-refractivity contribution is 0.198. The van der Waals surface area contributed by atoms with Gasteiger partial charge in [-0.05, 0) is 36.1 Å². The van der Waals surface area contributed by atoms with Gasteiger partial charge in [0.25, 0.3) is 0 Å². The predicted molar refractivity (Wildman–Crippen MR) is 84.1 cm³/mol. The first kappa shape index (κ1) is 14.9. The molecule has 0 aliphatic rings. The zero-order chi connectivity index (χ0) is 14.4. The molecule has 1 heterocycles. The number of rotatable bonds is 5. The van der Waals surface area contributed by atoms with Gasteiger partial charge >= 0.3 is 6.03 Å². The number of carbonyl (C=O) groups excluding carboxylic acids is 1. The van der Waals surface area contributed by atoms with Crippen molar-refractivity contribution in [3.63, 3.8) is 0 Å². The Morgan fingerprint density at radius 3 is 2.65 bits per heavy atom. The van der Waals surface area contributed by atoms with E-state index in [0.29, 0.717) is 24.7 Å². The average Bonchev–Trinajstić information content (AvgIpc) is 2.97. The second-order valence-electron chi connectivity index (χ2n) is 4.38. The van der Waals surface area contributed by atoms with Crippen molar-refractivity contribution in [2.75, 3.05) is 6.54 Å².